The van der Waals surface area contributed by atoms with Crippen molar-refractivity contribution in [2.24, 2.45) is 0 Å². The predicted octanol–water partition coefficient (Wildman–Crippen LogP) is 5.31. The molecule has 0 spiro atoms. The van der Waals surface area contributed by atoms with Gasteiger partial charge >= 0.3 is 0 Å². The summed E-state index contributed by atoms with van der Waals surface area (Å²) in [7, 11) is 0. The lowest BCUT2D eigenvalue weighted by molar-refractivity contribution is 0.0735. The summed E-state index contributed by atoms with van der Waals surface area (Å²) in [5.74, 6) is 0.491. The van der Waals surface area contributed by atoms with Crippen LogP contribution in [0.15, 0.2) is 91.1 Å². The molecule has 2 heterocycles. The number of hydrogen-bond donors (Lipinski definition) is 1. The van der Waals surface area contributed by atoms with Crippen molar-refractivity contribution >= 4 is 0 Å². The first kappa shape index (κ1) is 19.6. The van der Waals surface area contributed by atoms with E-state index < -0.39 is 0 Å². The van der Waals surface area contributed by atoms with Gasteiger partial charge in [-0.25, -0.2) is 0 Å². The van der Waals surface area contributed by atoms with Gasteiger partial charge in [0.2, 0.25) is 0 Å². The molecule has 0 unspecified atom stereocenters. The van der Waals surface area contributed by atoms with Crippen LogP contribution in [0.1, 0.15) is 29.9 Å². The summed E-state index contributed by atoms with van der Waals surface area (Å²) in [6, 6.07) is 29.4. The summed E-state index contributed by atoms with van der Waals surface area (Å²) >= 11 is 0. The second-order valence-electron chi connectivity index (χ2n) is 8.05. The standard InChI is InChI=1S/C27H27N3O/c1-3-8-21(9-4-1)20-31-30-27(26(19-29-30)23-14-16-28-17-15-23)25-13-7-12-24(18-25)22-10-5-2-6-11-22/h1-13,18-19,23,28H,14-17,20H2. The van der Waals surface area contributed by atoms with Crippen molar-refractivity contribution in [2.75, 3.05) is 13.1 Å². The van der Waals surface area contributed by atoms with E-state index in [0.29, 0.717) is 12.5 Å². The van der Waals surface area contributed by atoms with Gasteiger partial charge in [-0.3, -0.25) is 0 Å². The summed E-state index contributed by atoms with van der Waals surface area (Å²) in [6.45, 7) is 2.58. The number of aromatic nitrogens is 2. The molecule has 1 aromatic heterocycles. The van der Waals surface area contributed by atoms with Crippen LogP contribution < -0.4 is 10.2 Å². The van der Waals surface area contributed by atoms with E-state index >= 15 is 0 Å². The lowest BCUT2D eigenvalue weighted by atomic mass is 9.88. The first-order chi connectivity index (χ1) is 15.4. The molecule has 1 N–H and O–H groups in total. The molecule has 1 aliphatic rings. The van der Waals surface area contributed by atoms with E-state index in [4.69, 9.17) is 4.84 Å². The maximum atomic E-state index is 6.18. The molecule has 0 atom stereocenters. The van der Waals surface area contributed by atoms with Crippen LogP contribution in [0.2, 0.25) is 0 Å². The molecule has 4 nitrogen and oxygen atoms in total. The van der Waals surface area contributed by atoms with Crippen LogP contribution in [0.5, 0.6) is 0 Å². The van der Waals surface area contributed by atoms with Crippen LogP contribution >= 0.6 is 0 Å². The van der Waals surface area contributed by atoms with Gasteiger partial charge in [0.15, 0.2) is 0 Å². The highest BCUT2D eigenvalue weighted by Crippen LogP contribution is 2.35. The molecule has 0 radical (unpaired) electrons. The van der Waals surface area contributed by atoms with E-state index in [1.807, 2.05) is 24.4 Å². The number of nitrogens with zero attached hydrogens (tertiary/aromatic N) is 2. The molecule has 31 heavy (non-hydrogen) atoms. The van der Waals surface area contributed by atoms with E-state index in [1.54, 1.807) is 4.85 Å². The quantitative estimate of drug-likeness (QED) is 0.469. The summed E-state index contributed by atoms with van der Waals surface area (Å²) < 4.78 is 0. The summed E-state index contributed by atoms with van der Waals surface area (Å²) in [5, 5.41) is 8.13. The van der Waals surface area contributed by atoms with Crippen LogP contribution in [-0.4, -0.2) is 23.0 Å². The molecule has 1 fully saturated rings. The van der Waals surface area contributed by atoms with Gasteiger partial charge < -0.3 is 10.2 Å². The van der Waals surface area contributed by atoms with Gasteiger partial charge in [-0.2, -0.15) is 0 Å². The summed E-state index contributed by atoms with van der Waals surface area (Å²) in [4.78, 5) is 7.92. The number of hydrogen-bond acceptors (Lipinski definition) is 3. The van der Waals surface area contributed by atoms with Gasteiger partial charge in [-0.1, -0.05) is 83.7 Å². The number of piperidine rings is 1. The summed E-state index contributed by atoms with van der Waals surface area (Å²) in [5.41, 5.74) is 7.03. The van der Waals surface area contributed by atoms with Crippen LogP contribution in [0.4, 0.5) is 0 Å². The topological polar surface area (TPSA) is 39.1 Å². The van der Waals surface area contributed by atoms with Crippen LogP contribution in [0.25, 0.3) is 22.4 Å². The number of nitrogens with one attached hydrogen (secondary N) is 1. The van der Waals surface area contributed by atoms with Crippen molar-refractivity contribution in [1.29, 1.82) is 0 Å². The molecule has 0 amide bonds. The molecule has 1 aliphatic heterocycles. The van der Waals surface area contributed by atoms with Crippen molar-refractivity contribution in [3.63, 3.8) is 0 Å². The number of benzene rings is 3. The fourth-order valence-corrected chi connectivity index (χ4v) is 4.34. The molecule has 4 aromatic rings. The van der Waals surface area contributed by atoms with Gasteiger partial charge in [0.05, 0.1) is 6.20 Å². The Morgan fingerprint density at radius 2 is 1.48 bits per heavy atom. The van der Waals surface area contributed by atoms with Gasteiger partial charge in [0.1, 0.15) is 12.3 Å². The van der Waals surface area contributed by atoms with Crippen molar-refractivity contribution in [3.05, 3.63) is 102 Å². The molecule has 0 bridgehead atoms. The average Bonchev–Trinajstić information content (AvgIpc) is 3.29. The highest BCUT2D eigenvalue weighted by Gasteiger charge is 2.24. The van der Waals surface area contributed by atoms with E-state index in [2.05, 4.69) is 77.1 Å². The Balaban J connectivity index is 1.52. The van der Waals surface area contributed by atoms with Gasteiger partial charge in [0, 0.05) is 11.1 Å². The van der Waals surface area contributed by atoms with E-state index in [1.165, 1.54) is 16.7 Å². The lowest BCUT2D eigenvalue weighted by Crippen LogP contribution is -2.26. The summed E-state index contributed by atoms with van der Waals surface area (Å²) in [6.07, 6.45) is 4.25. The van der Waals surface area contributed by atoms with Gasteiger partial charge in [0.25, 0.3) is 0 Å². The zero-order valence-electron chi connectivity index (χ0n) is 17.6. The van der Waals surface area contributed by atoms with Crippen LogP contribution in [0, 0.1) is 0 Å². The third-order valence-corrected chi connectivity index (χ3v) is 5.98. The Labute approximate surface area is 183 Å². The molecule has 0 saturated carbocycles. The maximum absolute atomic E-state index is 6.18. The van der Waals surface area contributed by atoms with Crippen molar-refractivity contribution < 1.29 is 4.84 Å². The predicted molar refractivity (Wildman–Crippen MR) is 125 cm³/mol. The fraction of sp³-hybridized carbons (Fsp3) is 0.222. The van der Waals surface area contributed by atoms with Gasteiger partial charge in [-0.15, -0.1) is 5.10 Å². The van der Waals surface area contributed by atoms with Gasteiger partial charge in [-0.05, 0) is 54.6 Å². The lowest BCUT2D eigenvalue weighted by Gasteiger charge is -2.23. The Hall–Kier alpha value is -3.37. The monoisotopic (exact) mass is 409 g/mol. The second kappa shape index (κ2) is 9.19. The second-order valence-corrected chi connectivity index (χ2v) is 8.05. The molecular formula is C27H27N3O. The Morgan fingerprint density at radius 3 is 2.26 bits per heavy atom. The molecule has 3 aromatic carbocycles. The molecule has 0 aliphatic carbocycles. The molecule has 5 rings (SSSR count). The van der Waals surface area contributed by atoms with Crippen LogP contribution in [0.3, 0.4) is 0 Å². The minimum Gasteiger partial charge on any atom is -0.391 e. The molecule has 1 saturated heterocycles. The average molecular weight is 410 g/mol. The van der Waals surface area contributed by atoms with Crippen molar-refractivity contribution in [1.82, 2.24) is 15.3 Å². The first-order valence-corrected chi connectivity index (χ1v) is 11.0. The van der Waals surface area contributed by atoms with Crippen molar-refractivity contribution in [3.8, 4) is 22.4 Å². The number of rotatable bonds is 6. The zero-order valence-corrected chi connectivity index (χ0v) is 17.6. The highest BCUT2D eigenvalue weighted by atomic mass is 16.7. The largest absolute Gasteiger partial charge is 0.391 e. The highest BCUT2D eigenvalue weighted by molar-refractivity contribution is 5.73. The van der Waals surface area contributed by atoms with E-state index in [0.717, 1.165) is 42.8 Å². The molecular weight excluding hydrogens is 382 g/mol. The fourth-order valence-electron chi connectivity index (χ4n) is 4.34. The maximum Gasteiger partial charge on any atom is 0.142 e. The molecule has 4 heteroatoms. The van der Waals surface area contributed by atoms with Crippen molar-refractivity contribution in [2.45, 2.75) is 25.4 Å². The zero-order chi connectivity index (χ0) is 20.9. The Kier molecular flexibility index (Phi) is 5.81. The Morgan fingerprint density at radius 1 is 0.806 bits per heavy atom. The normalized spacial score (nSPS) is 14.5. The first-order valence-electron chi connectivity index (χ1n) is 11.0. The minimum atomic E-state index is 0.486. The molecule has 156 valence electrons. The van der Waals surface area contributed by atoms with E-state index in [-0.39, 0.29) is 0 Å². The smallest absolute Gasteiger partial charge is 0.142 e. The Bertz CT molecular complexity index is 1120. The van der Waals surface area contributed by atoms with E-state index in [9.17, 15) is 0 Å². The third kappa shape index (κ3) is 4.39. The SMILES string of the molecule is c1ccc(COn2ncc(C3CCNCC3)c2-c2cccc(-c3ccccc3)c2)cc1. The minimum absolute atomic E-state index is 0.486. The third-order valence-electron chi connectivity index (χ3n) is 5.98. The van der Waals surface area contributed by atoms with Crippen LogP contribution in [-0.2, 0) is 6.61 Å².